The van der Waals surface area contributed by atoms with Gasteiger partial charge in [-0.05, 0) is 29.0 Å². The lowest BCUT2D eigenvalue weighted by Gasteiger charge is -2.26. The zero-order chi connectivity index (χ0) is 15.2. The number of benzene rings is 3. The third-order valence-corrected chi connectivity index (χ3v) is 4.29. The molecule has 1 aliphatic rings. The van der Waals surface area contributed by atoms with E-state index in [4.69, 9.17) is 13.9 Å². The molecule has 0 radical (unpaired) electrons. The average Bonchev–Trinajstić information content (AvgIpc) is 3.05. The van der Waals surface area contributed by atoms with Crippen molar-refractivity contribution in [2.24, 2.45) is 0 Å². The summed E-state index contributed by atoms with van der Waals surface area (Å²) in [6.45, 7) is 0.512. The van der Waals surface area contributed by atoms with Crippen molar-refractivity contribution in [3.63, 3.8) is 0 Å². The van der Waals surface area contributed by atoms with Gasteiger partial charge in [-0.2, -0.15) is 0 Å². The Morgan fingerprint density at radius 1 is 0.826 bits per heavy atom. The normalized spacial score (nSPS) is 17.1. The third-order valence-electron chi connectivity index (χ3n) is 4.29. The molecule has 0 saturated carbocycles. The van der Waals surface area contributed by atoms with Crippen molar-refractivity contribution in [3.8, 4) is 5.75 Å². The van der Waals surface area contributed by atoms with Gasteiger partial charge in [-0.25, -0.2) is 0 Å². The Balaban J connectivity index is 1.56. The van der Waals surface area contributed by atoms with Crippen molar-refractivity contribution in [1.82, 2.24) is 0 Å². The molecular weight excluding hydrogens is 288 g/mol. The molecule has 1 aromatic heterocycles. The van der Waals surface area contributed by atoms with Gasteiger partial charge in [0, 0.05) is 10.9 Å². The zero-order valence-electron chi connectivity index (χ0n) is 12.4. The Morgan fingerprint density at radius 2 is 1.65 bits per heavy atom. The molecule has 3 heteroatoms. The summed E-state index contributed by atoms with van der Waals surface area (Å²) in [5, 5.41) is 3.42. The van der Waals surface area contributed by atoms with Gasteiger partial charge in [-0.3, -0.25) is 0 Å². The standard InChI is InChI=1S/C20H14O3/c1-3-7-15-13(5-1)9-10-18-16(15)12-21-20(23-18)19-11-14-6-2-4-8-17(14)22-19/h1-11,20H,12H2. The molecule has 0 spiro atoms. The average molecular weight is 302 g/mol. The first-order valence-electron chi connectivity index (χ1n) is 7.66. The predicted molar refractivity (Wildman–Crippen MR) is 88.3 cm³/mol. The van der Waals surface area contributed by atoms with Crippen molar-refractivity contribution in [3.05, 3.63) is 78.1 Å². The van der Waals surface area contributed by atoms with Gasteiger partial charge >= 0.3 is 0 Å². The van der Waals surface area contributed by atoms with Gasteiger partial charge in [0.05, 0.1) is 6.61 Å². The van der Waals surface area contributed by atoms with Crippen LogP contribution in [0.1, 0.15) is 17.6 Å². The van der Waals surface area contributed by atoms with Crippen molar-refractivity contribution in [1.29, 1.82) is 0 Å². The van der Waals surface area contributed by atoms with Gasteiger partial charge in [0.2, 0.25) is 0 Å². The number of para-hydroxylation sites is 1. The van der Waals surface area contributed by atoms with Crippen LogP contribution in [0.5, 0.6) is 5.75 Å². The SMILES string of the molecule is c1ccc2oc(C3OCc4c(ccc5ccccc45)O3)cc2c1. The van der Waals surface area contributed by atoms with E-state index >= 15 is 0 Å². The summed E-state index contributed by atoms with van der Waals surface area (Å²) in [5.41, 5.74) is 1.94. The van der Waals surface area contributed by atoms with Gasteiger partial charge in [-0.1, -0.05) is 48.5 Å². The summed E-state index contributed by atoms with van der Waals surface area (Å²) in [4.78, 5) is 0. The molecule has 112 valence electrons. The van der Waals surface area contributed by atoms with E-state index in [2.05, 4.69) is 18.2 Å². The summed E-state index contributed by atoms with van der Waals surface area (Å²) < 4.78 is 17.8. The second-order valence-corrected chi connectivity index (χ2v) is 5.71. The van der Waals surface area contributed by atoms with Crippen LogP contribution in [0.4, 0.5) is 0 Å². The summed E-state index contributed by atoms with van der Waals surface area (Å²) >= 11 is 0. The highest BCUT2D eigenvalue weighted by molar-refractivity contribution is 5.87. The third kappa shape index (κ3) is 2.01. The number of ether oxygens (including phenoxy) is 2. The van der Waals surface area contributed by atoms with Crippen LogP contribution in [-0.4, -0.2) is 0 Å². The maximum absolute atomic E-state index is 6.04. The number of hydrogen-bond donors (Lipinski definition) is 0. The van der Waals surface area contributed by atoms with Crippen LogP contribution in [0.2, 0.25) is 0 Å². The molecule has 0 fully saturated rings. The molecule has 0 saturated heterocycles. The molecule has 2 heterocycles. The Kier molecular flexibility index (Phi) is 2.69. The van der Waals surface area contributed by atoms with E-state index in [0.29, 0.717) is 12.4 Å². The van der Waals surface area contributed by atoms with Gasteiger partial charge in [0.25, 0.3) is 6.29 Å². The molecule has 0 amide bonds. The van der Waals surface area contributed by atoms with Gasteiger partial charge in [-0.15, -0.1) is 0 Å². The quantitative estimate of drug-likeness (QED) is 0.484. The Morgan fingerprint density at radius 3 is 2.57 bits per heavy atom. The van der Waals surface area contributed by atoms with Crippen LogP contribution in [0.25, 0.3) is 21.7 Å². The molecule has 1 atom stereocenters. The van der Waals surface area contributed by atoms with Crippen LogP contribution in [0.15, 0.2) is 71.1 Å². The van der Waals surface area contributed by atoms with E-state index in [1.165, 1.54) is 10.8 Å². The fourth-order valence-electron chi connectivity index (χ4n) is 3.14. The summed E-state index contributed by atoms with van der Waals surface area (Å²) in [6, 6.07) is 22.3. The fourth-order valence-corrected chi connectivity index (χ4v) is 3.14. The van der Waals surface area contributed by atoms with E-state index in [0.717, 1.165) is 22.3 Å². The van der Waals surface area contributed by atoms with E-state index in [1.807, 2.05) is 48.5 Å². The van der Waals surface area contributed by atoms with Crippen molar-refractivity contribution in [2.45, 2.75) is 12.9 Å². The molecule has 0 bridgehead atoms. The van der Waals surface area contributed by atoms with E-state index < -0.39 is 6.29 Å². The highest BCUT2D eigenvalue weighted by Crippen LogP contribution is 2.38. The Bertz CT molecular complexity index is 983. The summed E-state index contributed by atoms with van der Waals surface area (Å²) in [7, 11) is 0. The molecule has 1 unspecified atom stereocenters. The molecule has 4 aromatic rings. The van der Waals surface area contributed by atoms with Gasteiger partial charge in [0.15, 0.2) is 5.76 Å². The van der Waals surface area contributed by atoms with Crippen molar-refractivity contribution in [2.75, 3.05) is 0 Å². The molecular formula is C20H14O3. The number of hydrogen-bond acceptors (Lipinski definition) is 3. The molecule has 0 N–H and O–H groups in total. The first-order valence-corrected chi connectivity index (χ1v) is 7.66. The molecule has 5 rings (SSSR count). The number of rotatable bonds is 1. The van der Waals surface area contributed by atoms with E-state index in [9.17, 15) is 0 Å². The van der Waals surface area contributed by atoms with Crippen LogP contribution >= 0.6 is 0 Å². The van der Waals surface area contributed by atoms with Gasteiger partial charge in [0.1, 0.15) is 11.3 Å². The second kappa shape index (κ2) is 4.86. The monoisotopic (exact) mass is 302 g/mol. The van der Waals surface area contributed by atoms with Crippen molar-refractivity contribution < 1.29 is 13.9 Å². The van der Waals surface area contributed by atoms with Crippen molar-refractivity contribution >= 4 is 21.7 Å². The number of fused-ring (bicyclic) bond motifs is 4. The lowest BCUT2D eigenvalue weighted by molar-refractivity contribution is -0.121. The summed E-state index contributed by atoms with van der Waals surface area (Å²) in [6.07, 6.45) is -0.504. The molecule has 23 heavy (non-hydrogen) atoms. The van der Waals surface area contributed by atoms with Crippen LogP contribution in [0.3, 0.4) is 0 Å². The largest absolute Gasteiger partial charge is 0.457 e. The van der Waals surface area contributed by atoms with E-state index in [1.54, 1.807) is 0 Å². The smallest absolute Gasteiger partial charge is 0.259 e. The Hall–Kier alpha value is -2.78. The molecule has 3 aromatic carbocycles. The molecule has 1 aliphatic heterocycles. The van der Waals surface area contributed by atoms with Gasteiger partial charge < -0.3 is 13.9 Å². The molecule has 0 aliphatic carbocycles. The maximum Gasteiger partial charge on any atom is 0.259 e. The van der Waals surface area contributed by atoms with Crippen LogP contribution < -0.4 is 4.74 Å². The molecule has 3 nitrogen and oxygen atoms in total. The first kappa shape index (κ1) is 12.7. The second-order valence-electron chi connectivity index (χ2n) is 5.71. The summed E-state index contributed by atoms with van der Waals surface area (Å²) in [5.74, 6) is 1.56. The fraction of sp³-hybridized carbons (Fsp3) is 0.100. The lowest BCUT2D eigenvalue weighted by Crippen LogP contribution is -2.17. The lowest BCUT2D eigenvalue weighted by atomic mass is 10.0. The minimum Gasteiger partial charge on any atom is -0.457 e. The van der Waals surface area contributed by atoms with Crippen LogP contribution in [-0.2, 0) is 11.3 Å². The Labute approximate surface area is 133 Å². The highest BCUT2D eigenvalue weighted by Gasteiger charge is 2.26. The topological polar surface area (TPSA) is 31.6 Å². The first-order chi connectivity index (χ1) is 11.4. The minimum atomic E-state index is -0.504. The zero-order valence-corrected chi connectivity index (χ0v) is 12.4. The predicted octanol–water partition coefficient (Wildman–Crippen LogP) is 5.19. The van der Waals surface area contributed by atoms with E-state index in [-0.39, 0.29) is 0 Å². The van der Waals surface area contributed by atoms with Crippen LogP contribution in [0, 0.1) is 0 Å². The minimum absolute atomic E-state index is 0.504. The number of furan rings is 1. The maximum atomic E-state index is 6.04. The highest BCUT2D eigenvalue weighted by atomic mass is 16.7.